The molecule has 2 unspecified atom stereocenters. The van der Waals surface area contributed by atoms with Crippen molar-refractivity contribution < 1.29 is 56.7 Å². The van der Waals surface area contributed by atoms with Crippen molar-refractivity contribution in [2.45, 2.75) is 104 Å². The molecule has 14 rings (SSSR count). The van der Waals surface area contributed by atoms with Gasteiger partial charge >= 0.3 is 54.3 Å². The van der Waals surface area contributed by atoms with Crippen molar-refractivity contribution in [1.29, 1.82) is 0 Å². The number of hydrogen-bond acceptors (Lipinski definition) is 9. The number of rotatable bonds is 0. The van der Waals surface area contributed by atoms with Crippen molar-refractivity contribution in [2.75, 3.05) is 21.1 Å². The predicted octanol–water partition coefficient (Wildman–Crippen LogP) is 13.1. The number of benzene rings is 6. The summed E-state index contributed by atoms with van der Waals surface area (Å²) in [6.45, 7) is 13.0. The van der Waals surface area contributed by atoms with Gasteiger partial charge in [-0.2, -0.15) is 0 Å². The molecule has 0 saturated carbocycles. The zero-order chi connectivity index (χ0) is 57.9. The van der Waals surface area contributed by atoms with Crippen molar-refractivity contribution in [3.8, 4) is 0 Å². The number of carbonyl (C=O) groups excluding carboxylic acids is 4. The predicted molar refractivity (Wildman–Crippen MR) is 317 cm³/mol. The number of aromatic nitrogens is 4. The molecule has 6 aromatic carbocycles. The molecular formula is C61H61Cl3N7O9Os. The van der Waals surface area contributed by atoms with Crippen LogP contribution in [0.25, 0.3) is 87.2 Å². The second kappa shape index (κ2) is 20.7. The van der Waals surface area contributed by atoms with Crippen LogP contribution in [-0.2, 0) is 62.0 Å². The quantitative estimate of drug-likeness (QED) is 0.0850. The molecule has 4 aliphatic rings. The van der Waals surface area contributed by atoms with Gasteiger partial charge in [0, 0.05) is 78.2 Å². The Morgan fingerprint density at radius 3 is 1.14 bits per heavy atom. The number of allylic oxidation sites excluding steroid dienone is 2. The molecule has 10 aromatic rings. The SMILES string of the molecule is CC(C)(C)OC(=O)N1Cc2c(c3c4ccccc4n4c3c3c2c2ccccc2n3C/C=C\C4)C1=O.CC(C)(C)OC(=O)N1Cc2c(c3c4ccccc4n4c3c3c2c2ccccc2n3CC(O)C(O)C4)C1=O.C[N+](C)(C)[O-].[Cl][Os]([Cl])[Cl]. The van der Waals surface area contributed by atoms with Crippen LogP contribution in [0, 0.1) is 5.21 Å². The number of hydrogen-bond donors (Lipinski definition) is 2. The number of amides is 4. The third kappa shape index (κ3) is 9.93. The molecule has 2 atom stereocenters. The van der Waals surface area contributed by atoms with Gasteiger partial charge in [0.25, 0.3) is 11.8 Å². The maximum absolute atomic E-state index is 14.0. The van der Waals surface area contributed by atoms with E-state index in [0.717, 1.165) is 111 Å². The number of hydroxylamine groups is 3. The summed E-state index contributed by atoms with van der Waals surface area (Å²) in [4.78, 5) is 56.7. The summed E-state index contributed by atoms with van der Waals surface area (Å²) in [7, 11) is 19.7. The first-order valence-electron chi connectivity index (χ1n) is 26.5. The van der Waals surface area contributed by atoms with E-state index >= 15 is 0 Å². The van der Waals surface area contributed by atoms with Crippen LogP contribution in [0.3, 0.4) is 0 Å². The fourth-order valence-electron chi connectivity index (χ4n) is 12.1. The summed E-state index contributed by atoms with van der Waals surface area (Å²) >= 11 is -1.98. The minimum atomic E-state index is -1.98. The standard InChI is InChI=1S/C29H27N3O5.C29H25N3O3.C3H9NO.3ClH.Os/c1-29(2,3)37-28(36)32-12-17-22-15-8-4-6-10-18(15)30-13-20(33)21(34)14-31-19-11-7-5-9-16(19)23(24(17)27(32)35)26(31)25(22)30;1-29(2,3)35-28(34)32-16-19-22-17-10-4-6-12-20(17)30-14-8-9-15-31-21-13-7-5-11-18(21)23(24(19)27(32)33)26(31)25(22)30;1-4(2,3)5;;;;/h4-11,20-21,33-34H,12-14H2,1-3H3;4-13H,14-16H2,1-3H3;1-3H3;3*1H;/q;;;;;;+3/p-3/b;9-8-;;;;;. The third-order valence-corrected chi connectivity index (χ3v) is 14.7. The molecule has 20 heteroatoms. The third-order valence-electron chi connectivity index (χ3n) is 14.7. The van der Waals surface area contributed by atoms with Gasteiger partial charge in [0.1, 0.15) is 11.2 Å². The van der Waals surface area contributed by atoms with Gasteiger partial charge in [-0.1, -0.05) is 84.9 Å². The topological polar surface area (TPSA) is 176 Å². The van der Waals surface area contributed by atoms with E-state index in [2.05, 4.69) is 56.2 Å². The van der Waals surface area contributed by atoms with E-state index in [-0.39, 0.29) is 42.6 Å². The summed E-state index contributed by atoms with van der Waals surface area (Å²) < 4.78 is 19.7. The molecular weight excluding hydrogens is 1270 g/mol. The summed E-state index contributed by atoms with van der Waals surface area (Å²) in [6.07, 6.45) is 1.16. The van der Waals surface area contributed by atoms with Crippen LogP contribution in [0.5, 0.6) is 0 Å². The average molecular weight is 1330 g/mol. The molecule has 0 saturated heterocycles. The van der Waals surface area contributed by atoms with Gasteiger partial charge in [0.15, 0.2) is 0 Å². The molecule has 423 valence electrons. The van der Waals surface area contributed by atoms with Gasteiger partial charge in [-0.25, -0.2) is 19.4 Å². The van der Waals surface area contributed by atoms with Crippen molar-refractivity contribution in [3.63, 3.8) is 0 Å². The zero-order valence-corrected chi connectivity index (χ0v) is 51.0. The van der Waals surface area contributed by atoms with Crippen molar-refractivity contribution in [3.05, 3.63) is 137 Å². The fourth-order valence-corrected chi connectivity index (χ4v) is 12.1. The van der Waals surface area contributed by atoms with Crippen molar-refractivity contribution in [2.24, 2.45) is 0 Å². The second-order valence-corrected chi connectivity index (χ2v) is 34.5. The van der Waals surface area contributed by atoms with E-state index in [0.29, 0.717) is 11.1 Å². The average Bonchev–Trinajstić information content (AvgIpc) is 2.10. The van der Waals surface area contributed by atoms with Crippen LogP contribution in [-0.4, -0.2) is 111 Å². The van der Waals surface area contributed by atoms with Crippen LogP contribution in [0.4, 0.5) is 9.59 Å². The van der Waals surface area contributed by atoms with Crippen LogP contribution in [0.2, 0.25) is 0 Å². The van der Waals surface area contributed by atoms with E-state index in [1.54, 1.807) is 41.9 Å². The molecule has 8 heterocycles. The number of aliphatic hydroxyl groups excluding tert-OH is 2. The molecule has 0 aliphatic carbocycles. The number of ether oxygens (including phenoxy) is 2. The van der Waals surface area contributed by atoms with Gasteiger partial charge < -0.3 is 47.8 Å². The summed E-state index contributed by atoms with van der Waals surface area (Å²) in [5, 5.41) is 39.5. The van der Waals surface area contributed by atoms with Crippen LogP contribution in [0.1, 0.15) is 73.4 Å². The Bertz CT molecular complexity index is 4300. The zero-order valence-electron chi connectivity index (χ0n) is 46.2. The first kappa shape index (κ1) is 56.4. The van der Waals surface area contributed by atoms with E-state index < -0.39 is 48.8 Å². The van der Waals surface area contributed by atoms with E-state index in [1.165, 1.54) is 9.80 Å². The monoisotopic (exact) mass is 1330 g/mol. The number of fused-ring (bicyclic) bond motifs is 18. The molecule has 0 bridgehead atoms. The number of nitrogens with zero attached hydrogens (tertiary/aromatic N) is 7. The number of para-hydroxylation sites is 4. The number of carbonyl (C=O) groups is 4. The van der Waals surface area contributed by atoms with Crippen LogP contribution >= 0.6 is 28.9 Å². The van der Waals surface area contributed by atoms with Gasteiger partial charge in [0.2, 0.25) is 0 Å². The Balaban J connectivity index is 0.000000149. The van der Waals surface area contributed by atoms with Gasteiger partial charge in [-0.05, 0) is 76.9 Å². The molecule has 4 amide bonds. The summed E-state index contributed by atoms with van der Waals surface area (Å²) in [5.41, 5.74) is 9.28. The molecule has 4 aliphatic heterocycles. The molecule has 4 aromatic heterocycles. The number of halogens is 3. The van der Waals surface area contributed by atoms with E-state index in [9.17, 15) is 34.6 Å². The number of quaternary nitrogens is 1. The summed E-state index contributed by atoms with van der Waals surface area (Å²) in [5.74, 6) is -0.665. The Labute approximate surface area is 483 Å². The molecule has 81 heavy (non-hydrogen) atoms. The van der Waals surface area contributed by atoms with Crippen molar-refractivity contribution >= 4 is 140 Å². The van der Waals surface area contributed by atoms with Crippen LogP contribution in [0.15, 0.2) is 109 Å². The second-order valence-electron chi connectivity index (χ2n) is 23.5. The molecule has 16 nitrogen and oxygen atoms in total. The van der Waals surface area contributed by atoms with Crippen LogP contribution < -0.4 is 0 Å². The Morgan fingerprint density at radius 2 is 0.802 bits per heavy atom. The first-order valence-corrected chi connectivity index (χ1v) is 35.9. The van der Waals surface area contributed by atoms with Gasteiger partial charge in [0.05, 0.1) is 92.7 Å². The molecule has 0 fully saturated rings. The van der Waals surface area contributed by atoms with Crippen molar-refractivity contribution in [1.82, 2.24) is 28.1 Å². The first-order chi connectivity index (χ1) is 38.2. The molecule has 0 radical (unpaired) electrons. The number of aliphatic hydroxyl groups is 2. The normalized spacial score (nSPS) is 17.4. The Hall–Kier alpha value is -6.51. The molecule has 2 N–H and O–H groups in total. The van der Waals surface area contributed by atoms with Gasteiger partial charge in [-0.15, -0.1) is 0 Å². The van der Waals surface area contributed by atoms with Gasteiger partial charge in [-0.3, -0.25) is 9.59 Å². The minimum absolute atomic E-state index is 0.105. The Kier molecular flexibility index (Phi) is 14.4. The maximum atomic E-state index is 14.0. The fraction of sp³-hybridized carbons (Fsp3) is 0.311. The van der Waals surface area contributed by atoms with E-state index in [4.69, 9.17) is 38.4 Å². The Morgan fingerprint density at radius 1 is 0.531 bits per heavy atom. The molecule has 0 spiro atoms. The van der Waals surface area contributed by atoms with E-state index in [1.807, 2.05) is 92.1 Å². The summed E-state index contributed by atoms with van der Waals surface area (Å²) in [6, 6.07) is 32.3. The number of imide groups is 2.